The van der Waals surface area contributed by atoms with Crippen molar-refractivity contribution in [2.75, 3.05) is 6.61 Å². The van der Waals surface area contributed by atoms with Gasteiger partial charge in [-0.15, -0.1) is 0 Å². The van der Waals surface area contributed by atoms with E-state index >= 15 is 0 Å². The predicted molar refractivity (Wildman–Crippen MR) is 85.0 cm³/mol. The Morgan fingerprint density at radius 1 is 1.27 bits per heavy atom. The molecule has 2 aromatic rings. The minimum absolute atomic E-state index is 0.223. The summed E-state index contributed by atoms with van der Waals surface area (Å²) < 4.78 is 7.08. The molecule has 1 aliphatic rings. The van der Waals surface area contributed by atoms with E-state index in [0.29, 0.717) is 6.61 Å². The maximum atomic E-state index is 11.6. The lowest BCUT2D eigenvalue weighted by Crippen LogP contribution is -2.23. The number of fused-ring (bicyclic) bond motifs is 1. The van der Waals surface area contributed by atoms with Gasteiger partial charge in [-0.05, 0) is 19.1 Å². The van der Waals surface area contributed by atoms with E-state index in [1.165, 1.54) is 4.90 Å². The first-order valence-electron chi connectivity index (χ1n) is 7.41. The van der Waals surface area contributed by atoms with E-state index in [0.717, 1.165) is 23.3 Å². The van der Waals surface area contributed by atoms with Crippen LogP contribution in [0.2, 0.25) is 0 Å². The lowest BCUT2D eigenvalue weighted by molar-refractivity contribution is 0.133. The zero-order valence-corrected chi connectivity index (χ0v) is 12.8. The highest BCUT2D eigenvalue weighted by molar-refractivity contribution is 5.75. The summed E-state index contributed by atoms with van der Waals surface area (Å²) in [5.74, 6) is 1.26. The zero-order valence-electron chi connectivity index (χ0n) is 12.8. The molecule has 0 bridgehead atoms. The van der Waals surface area contributed by atoms with Crippen LogP contribution in [0, 0.1) is 5.92 Å². The molecule has 3 rings (SSSR count). The largest absolute Gasteiger partial charge is 0.449 e. The van der Waals surface area contributed by atoms with E-state index in [4.69, 9.17) is 4.74 Å². The first kappa shape index (κ1) is 14.4. The fourth-order valence-electron chi connectivity index (χ4n) is 2.56. The van der Waals surface area contributed by atoms with Crippen molar-refractivity contribution >= 4 is 17.1 Å². The summed E-state index contributed by atoms with van der Waals surface area (Å²) in [6, 6.07) is 8.11. The minimum Gasteiger partial charge on any atom is -0.449 e. The van der Waals surface area contributed by atoms with Crippen LogP contribution in [0.3, 0.4) is 0 Å². The third-order valence-corrected chi connectivity index (χ3v) is 3.76. The Labute approximate surface area is 129 Å². The molecule has 1 aromatic heterocycles. The smallest absolute Gasteiger partial charge is 0.417 e. The van der Waals surface area contributed by atoms with Crippen molar-refractivity contribution < 1.29 is 9.53 Å². The van der Waals surface area contributed by atoms with Crippen molar-refractivity contribution in [1.82, 2.24) is 14.5 Å². The lowest BCUT2D eigenvalue weighted by Gasteiger charge is -2.19. The van der Waals surface area contributed by atoms with E-state index < -0.39 is 0 Å². The van der Waals surface area contributed by atoms with Crippen LogP contribution in [0.15, 0.2) is 48.8 Å². The number of allylic oxidation sites excluding steroid dienone is 2. The Balaban J connectivity index is 1.72. The van der Waals surface area contributed by atoms with Gasteiger partial charge in [0.1, 0.15) is 5.82 Å². The predicted octanol–water partition coefficient (Wildman–Crippen LogP) is 3.23. The van der Waals surface area contributed by atoms with Crippen LogP contribution in [-0.4, -0.2) is 27.2 Å². The maximum Gasteiger partial charge on any atom is 0.417 e. The zero-order chi connectivity index (χ0) is 15.5. The molecule has 0 aliphatic carbocycles. The number of carbonyl (C=O) groups is 1. The summed E-state index contributed by atoms with van der Waals surface area (Å²) in [6.45, 7) is 2.17. The number of aryl methyl sites for hydroxylation is 1. The number of para-hydroxylation sites is 2. The maximum absolute atomic E-state index is 11.6. The van der Waals surface area contributed by atoms with Crippen molar-refractivity contribution in [3.63, 3.8) is 0 Å². The summed E-state index contributed by atoms with van der Waals surface area (Å²) in [5.41, 5.74) is 2.14. The SMILES string of the molecule is CCOC(=O)N1C=CC(Cc2nc3ccccc3n2C)C=C1. The van der Waals surface area contributed by atoms with Gasteiger partial charge in [0.15, 0.2) is 0 Å². The number of carbonyl (C=O) groups excluding carboxylic acids is 1. The van der Waals surface area contributed by atoms with Gasteiger partial charge in [-0.25, -0.2) is 9.78 Å². The van der Waals surface area contributed by atoms with Crippen LogP contribution in [0.25, 0.3) is 11.0 Å². The van der Waals surface area contributed by atoms with Crippen molar-refractivity contribution in [2.24, 2.45) is 13.0 Å². The monoisotopic (exact) mass is 297 g/mol. The third-order valence-electron chi connectivity index (χ3n) is 3.76. The summed E-state index contributed by atoms with van der Waals surface area (Å²) in [6.07, 6.45) is 7.95. The molecule has 114 valence electrons. The fourth-order valence-corrected chi connectivity index (χ4v) is 2.56. The number of imidazole rings is 1. The molecule has 0 radical (unpaired) electrons. The minimum atomic E-state index is -0.351. The molecule has 22 heavy (non-hydrogen) atoms. The second-order valence-electron chi connectivity index (χ2n) is 5.23. The molecule has 5 nitrogen and oxygen atoms in total. The molecule has 2 heterocycles. The average molecular weight is 297 g/mol. The van der Waals surface area contributed by atoms with E-state index in [1.807, 2.05) is 37.4 Å². The number of amides is 1. The highest BCUT2D eigenvalue weighted by Gasteiger charge is 2.16. The Kier molecular flexibility index (Phi) is 3.96. The summed E-state index contributed by atoms with van der Waals surface area (Å²) >= 11 is 0. The Bertz CT molecular complexity index is 731. The van der Waals surface area contributed by atoms with Gasteiger partial charge in [0.05, 0.1) is 17.6 Å². The number of hydrogen-bond acceptors (Lipinski definition) is 3. The van der Waals surface area contributed by atoms with E-state index in [9.17, 15) is 4.79 Å². The van der Waals surface area contributed by atoms with E-state index in [2.05, 4.69) is 15.6 Å². The molecule has 0 saturated carbocycles. The Morgan fingerprint density at radius 3 is 2.68 bits per heavy atom. The van der Waals surface area contributed by atoms with Gasteiger partial charge in [-0.2, -0.15) is 0 Å². The molecule has 0 saturated heterocycles. The van der Waals surface area contributed by atoms with Crippen molar-refractivity contribution in [3.8, 4) is 0 Å². The van der Waals surface area contributed by atoms with Crippen LogP contribution in [0.5, 0.6) is 0 Å². The number of aromatic nitrogens is 2. The molecule has 0 N–H and O–H groups in total. The summed E-state index contributed by atoms with van der Waals surface area (Å²) in [4.78, 5) is 17.8. The number of hydrogen-bond donors (Lipinski definition) is 0. The molecular formula is C17H19N3O2. The highest BCUT2D eigenvalue weighted by Crippen LogP contribution is 2.20. The summed E-state index contributed by atoms with van der Waals surface area (Å²) in [5, 5.41) is 0. The molecule has 5 heteroatoms. The molecule has 1 amide bonds. The average Bonchev–Trinajstić information content (AvgIpc) is 2.85. The van der Waals surface area contributed by atoms with Gasteiger partial charge in [0.25, 0.3) is 0 Å². The molecule has 0 unspecified atom stereocenters. The van der Waals surface area contributed by atoms with Gasteiger partial charge in [-0.1, -0.05) is 24.3 Å². The Hall–Kier alpha value is -2.56. The third kappa shape index (κ3) is 2.74. The number of ether oxygens (including phenoxy) is 1. The van der Waals surface area contributed by atoms with Crippen molar-refractivity contribution in [2.45, 2.75) is 13.3 Å². The standard InChI is InChI=1S/C17H19N3O2/c1-3-22-17(21)20-10-8-13(9-11-20)12-16-18-14-6-4-5-7-15(14)19(16)2/h4-11,13H,3,12H2,1-2H3. The number of rotatable bonds is 3. The van der Waals surface area contributed by atoms with Gasteiger partial charge >= 0.3 is 6.09 Å². The van der Waals surface area contributed by atoms with E-state index in [-0.39, 0.29) is 12.0 Å². The molecular weight excluding hydrogens is 278 g/mol. The Morgan fingerprint density at radius 2 is 2.00 bits per heavy atom. The van der Waals surface area contributed by atoms with Crippen LogP contribution in [-0.2, 0) is 18.2 Å². The first-order chi connectivity index (χ1) is 10.7. The molecule has 1 aliphatic heterocycles. The highest BCUT2D eigenvalue weighted by atomic mass is 16.5. The topological polar surface area (TPSA) is 47.4 Å². The van der Waals surface area contributed by atoms with Crippen LogP contribution >= 0.6 is 0 Å². The molecule has 0 spiro atoms. The van der Waals surface area contributed by atoms with Crippen molar-refractivity contribution in [3.05, 3.63) is 54.6 Å². The fraction of sp³-hybridized carbons (Fsp3) is 0.294. The van der Waals surface area contributed by atoms with Gasteiger partial charge < -0.3 is 9.30 Å². The molecule has 0 atom stereocenters. The lowest BCUT2D eigenvalue weighted by atomic mass is 10.0. The van der Waals surface area contributed by atoms with Crippen molar-refractivity contribution in [1.29, 1.82) is 0 Å². The summed E-state index contributed by atoms with van der Waals surface area (Å²) in [7, 11) is 2.03. The van der Waals surface area contributed by atoms with Crippen LogP contribution in [0.1, 0.15) is 12.7 Å². The van der Waals surface area contributed by atoms with Gasteiger partial charge in [0.2, 0.25) is 0 Å². The molecule has 0 fully saturated rings. The van der Waals surface area contributed by atoms with Gasteiger partial charge in [0, 0.05) is 31.8 Å². The number of nitrogens with zero attached hydrogens (tertiary/aromatic N) is 3. The van der Waals surface area contributed by atoms with E-state index in [1.54, 1.807) is 19.3 Å². The number of benzene rings is 1. The second-order valence-corrected chi connectivity index (χ2v) is 5.23. The second kappa shape index (κ2) is 6.05. The van der Waals surface area contributed by atoms with Gasteiger partial charge in [-0.3, -0.25) is 4.90 Å². The van der Waals surface area contributed by atoms with Crippen LogP contribution in [0.4, 0.5) is 4.79 Å². The first-order valence-corrected chi connectivity index (χ1v) is 7.41. The van der Waals surface area contributed by atoms with Crippen LogP contribution < -0.4 is 0 Å². The quantitative estimate of drug-likeness (QED) is 0.874. The molecule has 1 aromatic carbocycles. The normalized spacial score (nSPS) is 14.7.